The van der Waals surface area contributed by atoms with Gasteiger partial charge in [-0.3, -0.25) is 0 Å². The first-order valence-electron chi connectivity index (χ1n) is 8.18. The maximum atomic E-state index is 14.2. The van der Waals surface area contributed by atoms with Crippen LogP contribution in [-0.4, -0.2) is 18.2 Å². The van der Waals surface area contributed by atoms with Crippen molar-refractivity contribution in [2.75, 3.05) is 13.0 Å². The highest BCUT2D eigenvalue weighted by Gasteiger charge is 2.24. The summed E-state index contributed by atoms with van der Waals surface area (Å²) in [6.07, 6.45) is 0.907. The number of halogens is 1. The zero-order valence-electron chi connectivity index (χ0n) is 14.1. The molecule has 0 saturated heterocycles. The highest BCUT2D eigenvalue weighted by Crippen LogP contribution is 2.42. The van der Waals surface area contributed by atoms with Gasteiger partial charge in [-0.25, -0.2) is 4.39 Å². The molecule has 0 saturated carbocycles. The summed E-state index contributed by atoms with van der Waals surface area (Å²) in [5, 5.41) is 10.9. The molecule has 3 aromatic carbocycles. The second-order valence-corrected chi connectivity index (χ2v) is 6.82. The van der Waals surface area contributed by atoms with E-state index in [9.17, 15) is 9.50 Å². The minimum Gasteiger partial charge on any atom is -0.454 e. The molecule has 1 aliphatic heterocycles. The highest BCUT2D eigenvalue weighted by molar-refractivity contribution is 7.98. The zero-order chi connectivity index (χ0) is 18.1. The molecule has 1 atom stereocenters. The number of rotatable bonds is 4. The molecule has 1 heterocycles. The lowest BCUT2D eigenvalue weighted by Gasteiger charge is -2.18. The smallest absolute Gasteiger partial charge is 0.231 e. The molecule has 0 radical (unpaired) electrons. The van der Waals surface area contributed by atoms with Gasteiger partial charge in [0.05, 0.1) is 0 Å². The van der Waals surface area contributed by atoms with Crippen LogP contribution in [0.15, 0.2) is 65.6 Å². The van der Waals surface area contributed by atoms with E-state index >= 15 is 0 Å². The quantitative estimate of drug-likeness (QED) is 0.656. The van der Waals surface area contributed by atoms with E-state index in [4.69, 9.17) is 9.47 Å². The van der Waals surface area contributed by atoms with Crippen LogP contribution in [0.1, 0.15) is 17.2 Å². The van der Waals surface area contributed by atoms with Gasteiger partial charge in [0.1, 0.15) is 11.9 Å². The Hall–Kier alpha value is -2.50. The summed E-state index contributed by atoms with van der Waals surface area (Å²) in [5.41, 5.74) is 2.52. The van der Waals surface area contributed by atoms with Crippen LogP contribution in [0, 0.1) is 5.82 Å². The molecule has 3 nitrogen and oxygen atoms in total. The van der Waals surface area contributed by atoms with Gasteiger partial charge < -0.3 is 14.6 Å². The van der Waals surface area contributed by atoms with Gasteiger partial charge in [0, 0.05) is 10.5 Å². The number of aliphatic hydroxyl groups is 1. The van der Waals surface area contributed by atoms with Gasteiger partial charge in [-0.1, -0.05) is 30.3 Å². The summed E-state index contributed by atoms with van der Waals surface area (Å²) in [6.45, 7) is 0.138. The number of hydrogen-bond acceptors (Lipinski definition) is 4. The minimum absolute atomic E-state index is 0.138. The Labute approximate surface area is 155 Å². The second kappa shape index (κ2) is 7.02. The van der Waals surface area contributed by atoms with E-state index in [-0.39, 0.29) is 12.4 Å². The van der Waals surface area contributed by atoms with Crippen LogP contribution in [0.5, 0.6) is 11.5 Å². The molecule has 1 N–H and O–H groups in total. The maximum Gasteiger partial charge on any atom is 0.231 e. The van der Waals surface area contributed by atoms with Crippen molar-refractivity contribution in [2.24, 2.45) is 0 Å². The average Bonchev–Trinajstić information content (AvgIpc) is 3.14. The fraction of sp³-hybridized carbons (Fsp3) is 0.143. The Morgan fingerprint density at radius 2 is 1.65 bits per heavy atom. The van der Waals surface area contributed by atoms with Gasteiger partial charge in [-0.05, 0) is 53.3 Å². The molecule has 0 bridgehead atoms. The zero-order valence-corrected chi connectivity index (χ0v) is 14.9. The van der Waals surface area contributed by atoms with Crippen molar-refractivity contribution in [1.82, 2.24) is 0 Å². The number of fused-ring (bicyclic) bond motifs is 1. The second-order valence-electron chi connectivity index (χ2n) is 5.95. The van der Waals surface area contributed by atoms with Crippen molar-refractivity contribution in [3.8, 4) is 22.6 Å². The summed E-state index contributed by atoms with van der Waals surface area (Å²) < 4.78 is 25.2. The number of thioether (sulfide) groups is 1. The van der Waals surface area contributed by atoms with Gasteiger partial charge in [0.2, 0.25) is 6.79 Å². The molecule has 0 aromatic heterocycles. The third-order valence-electron chi connectivity index (χ3n) is 4.44. The molecule has 3 aromatic rings. The maximum absolute atomic E-state index is 14.2. The van der Waals surface area contributed by atoms with Crippen molar-refractivity contribution in [2.45, 2.75) is 11.0 Å². The fourth-order valence-corrected chi connectivity index (χ4v) is 3.48. The van der Waals surface area contributed by atoms with E-state index < -0.39 is 11.9 Å². The average molecular weight is 368 g/mol. The summed E-state index contributed by atoms with van der Waals surface area (Å²) in [7, 11) is 0. The van der Waals surface area contributed by atoms with Crippen LogP contribution in [0.3, 0.4) is 0 Å². The van der Waals surface area contributed by atoms with E-state index in [1.54, 1.807) is 36.0 Å². The first kappa shape index (κ1) is 16.9. The van der Waals surface area contributed by atoms with Crippen LogP contribution in [0.2, 0.25) is 0 Å². The van der Waals surface area contributed by atoms with Crippen LogP contribution in [-0.2, 0) is 0 Å². The van der Waals surface area contributed by atoms with Crippen LogP contribution in [0.4, 0.5) is 4.39 Å². The predicted molar refractivity (Wildman–Crippen MR) is 100 cm³/mol. The molecule has 0 spiro atoms. The third-order valence-corrected chi connectivity index (χ3v) is 5.18. The molecule has 1 unspecified atom stereocenters. The minimum atomic E-state index is -1.11. The van der Waals surface area contributed by atoms with E-state index in [1.165, 1.54) is 6.07 Å². The monoisotopic (exact) mass is 368 g/mol. The standard InChI is InChI=1S/C21H17FO3S/c1-26-14-8-6-13(7-9-14)16-10-19-20(25-12-24-19)11-17(16)21(23)15-4-2-3-5-18(15)22/h2-11,21,23H,12H2,1H3. The summed E-state index contributed by atoms with van der Waals surface area (Å²) >= 11 is 1.66. The Morgan fingerprint density at radius 3 is 2.35 bits per heavy atom. The number of aliphatic hydroxyl groups excluding tert-OH is 1. The van der Waals surface area contributed by atoms with Crippen LogP contribution < -0.4 is 9.47 Å². The fourth-order valence-electron chi connectivity index (χ4n) is 3.07. The SMILES string of the molecule is CSc1ccc(-c2cc3c(cc2C(O)c2ccccc2F)OCO3)cc1. The molecule has 26 heavy (non-hydrogen) atoms. The lowest BCUT2D eigenvalue weighted by molar-refractivity contribution is 0.173. The van der Waals surface area contributed by atoms with Gasteiger partial charge in [0.15, 0.2) is 11.5 Å². The number of benzene rings is 3. The molecule has 0 amide bonds. The topological polar surface area (TPSA) is 38.7 Å². The molecular formula is C21H17FO3S. The first-order chi connectivity index (χ1) is 12.7. The van der Waals surface area contributed by atoms with Crippen molar-refractivity contribution in [3.63, 3.8) is 0 Å². The predicted octanol–water partition coefficient (Wildman–Crippen LogP) is 5.03. The molecule has 132 valence electrons. The number of ether oxygens (including phenoxy) is 2. The molecule has 4 rings (SSSR count). The lowest BCUT2D eigenvalue weighted by atomic mass is 9.92. The van der Waals surface area contributed by atoms with E-state index in [0.717, 1.165) is 16.0 Å². The van der Waals surface area contributed by atoms with Crippen molar-refractivity contribution >= 4 is 11.8 Å². The van der Waals surface area contributed by atoms with E-state index in [0.29, 0.717) is 17.1 Å². The highest BCUT2D eigenvalue weighted by atomic mass is 32.2. The summed E-state index contributed by atoms with van der Waals surface area (Å²) in [4.78, 5) is 1.14. The Bertz CT molecular complexity index is 940. The molecule has 0 fully saturated rings. The Balaban J connectivity index is 1.86. The summed E-state index contributed by atoms with van der Waals surface area (Å²) in [5.74, 6) is 0.736. The molecule has 1 aliphatic rings. The Morgan fingerprint density at radius 1 is 0.962 bits per heavy atom. The van der Waals surface area contributed by atoms with Crippen molar-refractivity contribution in [3.05, 3.63) is 77.6 Å². The largest absolute Gasteiger partial charge is 0.454 e. The third kappa shape index (κ3) is 3.04. The van der Waals surface area contributed by atoms with E-state index in [1.807, 2.05) is 36.6 Å². The van der Waals surface area contributed by atoms with Gasteiger partial charge >= 0.3 is 0 Å². The molecular weight excluding hydrogens is 351 g/mol. The van der Waals surface area contributed by atoms with Gasteiger partial charge in [-0.2, -0.15) is 0 Å². The van der Waals surface area contributed by atoms with Crippen molar-refractivity contribution in [1.29, 1.82) is 0 Å². The molecule has 5 heteroatoms. The van der Waals surface area contributed by atoms with Crippen LogP contribution in [0.25, 0.3) is 11.1 Å². The van der Waals surface area contributed by atoms with Gasteiger partial charge in [0.25, 0.3) is 0 Å². The Kier molecular flexibility index (Phi) is 4.57. The van der Waals surface area contributed by atoms with E-state index in [2.05, 4.69) is 0 Å². The van der Waals surface area contributed by atoms with Crippen LogP contribution >= 0.6 is 11.8 Å². The lowest BCUT2D eigenvalue weighted by Crippen LogP contribution is -2.04. The first-order valence-corrected chi connectivity index (χ1v) is 9.40. The van der Waals surface area contributed by atoms with Gasteiger partial charge in [-0.15, -0.1) is 11.8 Å². The number of hydrogen-bond donors (Lipinski definition) is 1. The normalized spacial score (nSPS) is 13.7. The summed E-state index contributed by atoms with van der Waals surface area (Å²) in [6, 6.07) is 17.8. The van der Waals surface area contributed by atoms with Crippen molar-refractivity contribution < 1.29 is 19.0 Å². The molecule has 0 aliphatic carbocycles.